The second-order valence-electron chi connectivity index (χ2n) is 3.41. The monoisotopic (exact) mass is 215 g/mol. The molecular weight excluding hydrogens is 202 g/mol. The van der Waals surface area contributed by atoms with Gasteiger partial charge in [0.1, 0.15) is 5.54 Å². The summed E-state index contributed by atoms with van der Waals surface area (Å²) in [6, 6.07) is 0. The van der Waals surface area contributed by atoms with Gasteiger partial charge in [0.05, 0.1) is 12.4 Å². The van der Waals surface area contributed by atoms with Crippen molar-refractivity contribution in [3.8, 4) is 0 Å². The molecule has 2 rings (SSSR count). The highest BCUT2D eigenvalue weighted by atomic mass is 32.2. The molecule has 1 fully saturated rings. The van der Waals surface area contributed by atoms with Crippen molar-refractivity contribution < 1.29 is 9.26 Å². The second-order valence-corrected chi connectivity index (χ2v) is 4.27. The van der Waals surface area contributed by atoms with Gasteiger partial charge in [-0.15, -0.1) is 0 Å². The molecular formula is C8H13N3O2S. The molecule has 2 heterocycles. The molecule has 0 aromatic carbocycles. The fraction of sp³-hybridized carbons (Fsp3) is 0.750. The predicted molar refractivity (Wildman–Crippen MR) is 52.8 cm³/mol. The van der Waals surface area contributed by atoms with Crippen LogP contribution in [0, 0.1) is 0 Å². The minimum atomic E-state index is -0.566. The third-order valence-corrected chi connectivity index (χ3v) is 2.77. The van der Waals surface area contributed by atoms with E-state index in [1.54, 1.807) is 11.8 Å². The smallest absolute Gasteiger partial charge is 0.249 e. The maximum Gasteiger partial charge on any atom is 0.249 e. The summed E-state index contributed by atoms with van der Waals surface area (Å²) in [7, 11) is 0. The first-order valence-corrected chi connectivity index (χ1v) is 5.82. The third kappa shape index (κ3) is 1.77. The van der Waals surface area contributed by atoms with Crippen LogP contribution in [0.4, 0.5) is 0 Å². The lowest BCUT2D eigenvalue weighted by Crippen LogP contribution is -2.37. The van der Waals surface area contributed by atoms with E-state index in [4.69, 9.17) is 15.0 Å². The van der Waals surface area contributed by atoms with E-state index in [2.05, 4.69) is 10.1 Å². The Bertz CT molecular complexity index is 309. The van der Waals surface area contributed by atoms with Crippen molar-refractivity contribution in [2.24, 2.45) is 5.73 Å². The molecule has 1 atom stereocenters. The van der Waals surface area contributed by atoms with Crippen LogP contribution < -0.4 is 5.73 Å². The molecule has 2 N–H and O–H groups in total. The van der Waals surface area contributed by atoms with Crippen molar-refractivity contribution in [2.45, 2.75) is 17.7 Å². The van der Waals surface area contributed by atoms with Crippen LogP contribution >= 0.6 is 11.8 Å². The number of hydrogen-bond donors (Lipinski definition) is 1. The van der Waals surface area contributed by atoms with E-state index in [-0.39, 0.29) is 0 Å². The molecule has 1 aromatic rings. The number of nitrogens with zero attached hydrogens (tertiary/aromatic N) is 2. The van der Waals surface area contributed by atoms with Gasteiger partial charge in [-0.05, 0) is 12.7 Å². The zero-order chi connectivity index (χ0) is 10.0. The van der Waals surface area contributed by atoms with Crippen molar-refractivity contribution in [3.05, 3.63) is 11.7 Å². The number of thioether (sulfide) groups is 1. The van der Waals surface area contributed by atoms with Gasteiger partial charge in [-0.3, -0.25) is 0 Å². The van der Waals surface area contributed by atoms with Crippen LogP contribution in [0.25, 0.3) is 0 Å². The van der Waals surface area contributed by atoms with Gasteiger partial charge in [-0.2, -0.15) is 16.7 Å². The van der Waals surface area contributed by atoms with Crippen LogP contribution in [0.2, 0.25) is 0 Å². The van der Waals surface area contributed by atoms with Gasteiger partial charge in [-0.1, -0.05) is 5.16 Å². The van der Waals surface area contributed by atoms with Crippen LogP contribution in [0.1, 0.15) is 18.1 Å². The van der Waals surface area contributed by atoms with Crippen molar-refractivity contribution in [3.63, 3.8) is 0 Å². The molecule has 6 heteroatoms. The fourth-order valence-electron chi connectivity index (χ4n) is 1.39. The summed E-state index contributed by atoms with van der Waals surface area (Å²) < 4.78 is 10.4. The summed E-state index contributed by atoms with van der Waals surface area (Å²) in [4.78, 5) is 4.25. The van der Waals surface area contributed by atoms with Crippen LogP contribution in [0.3, 0.4) is 0 Å². The van der Waals surface area contributed by atoms with E-state index in [0.29, 0.717) is 24.9 Å². The van der Waals surface area contributed by atoms with E-state index in [1.807, 2.05) is 6.26 Å². The summed E-state index contributed by atoms with van der Waals surface area (Å²) in [5.41, 5.74) is 5.50. The quantitative estimate of drug-likeness (QED) is 0.791. The molecule has 14 heavy (non-hydrogen) atoms. The van der Waals surface area contributed by atoms with Gasteiger partial charge in [0.15, 0.2) is 5.82 Å². The van der Waals surface area contributed by atoms with E-state index >= 15 is 0 Å². The Balaban J connectivity index is 2.15. The van der Waals surface area contributed by atoms with Crippen molar-refractivity contribution >= 4 is 11.8 Å². The van der Waals surface area contributed by atoms with Crippen molar-refractivity contribution in [1.29, 1.82) is 0 Å². The lowest BCUT2D eigenvalue weighted by atomic mass is 10.0. The first kappa shape index (κ1) is 9.95. The van der Waals surface area contributed by atoms with Crippen molar-refractivity contribution in [2.75, 3.05) is 19.5 Å². The molecule has 0 saturated carbocycles. The summed E-state index contributed by atoms with van der Waals surface area (Å²) >= 11 is 1.65. The lowest BCUT2D eigenvalue weighted by molar-refractivity contribution is 0.166. The summed E-state index contributed by atoms with van der Waals surface area (Å²) in [6.45, 7) is 1.13. The minimum absolute atomic E-state index is 0.466. The maximum atomic E-state index is 6.06. The summed E-state index contributed by atoms with van der Waals surface area (Å²) in [5, 5.41) is 3.85. The van der Waals surface area contributed by atoms with E-state index < -0.39 is 5.54 Å². The van der Waals surface area contributed by atoms with E-state index in [9.17, 15) is 0 Å². The summed E-state index contributed by atoms with van der Waals surface area (Å²) in [5.74, 6) is 1.95. The van der Waals surface area contributed by atoms with Gasteiger partial charge in [0.2, 0.25) is 5.89 Å². The molecule has 0 aliphatic carbocycles. The number of aromatic nitrogens is 2. The molecule has 0 amide bonds. The second kappa shape index (κ2) is 3.88. The lowest BCUT2D eigenvalue weighted by Gasteiger charge is -2.14. The highest BCUT2D eigenvalue weighted by Crippen LogP contribution is 2.26. The standard InChI is InChI=1S/C8H13N3O2S/c1-14-4-6-10-7(13-11-6)8(9)2-3-12-5-8/h2-5,9H2,1H3. The van der Waals surface area contributed by atoms with Gasteiger partial charge in [-0.25, -0.2) is 0 Å². The Labute approximate surface area is 86.4 Å². The molecule has 1 aromatic heterocycles. The van der Waals surface area contributed by atoms with Gasteiger partial charge >= 0.3 is 0 Å². The molecule has 0 radical (unpaired) electrons. The molecule has 1 saturated heterocycles. The van der Waals surface area contributed by atoms with Gasteiger partial charge in [0, 0.05) is 6.61 Å². The number of rotatable bonds is 3. The van der Waals surface area contributed by atoms with Gasteiger partial charge < -0.3 is 15.0 Å². The first-order valence-electron chi connectivity index (χ1n) is 4.43. The molecule has 0 spiro atoms. The molecule has 78 valence electrons. The average molecular weight is 215 g/mol. The van der Waals surface area contributed by atoms with Crippen LogP contribution in [-0.4, -0.2) is 29.6 Å². The third-order valence-electron chi connectivity index (χ3n) is 2.22. The first-order chi connectivity index (χ1) is 6.74. The maximum absolute atomic E-state index is 6.06. The zero-order valence-electron chi connectivity index (χ0n) is 8.02. The Morgan fingerprint density at radius 3 is 3.14 bits per heavy atom. The highest BCUT2D eigenvalue weighted by molar-refractivity contribution is 7.97. The van der Waals surface area contributed by atoms with Crippen LogP contribution in [0.5, 0.6) is 0 Å². The Morgan fingerprint density at radius 1 is 1.64 bits per heavy atom. The largest absolute Gasteiger partial charge is 0.379 e. The number of nitrogens with two attached hydrogens (primary N) is 1. The molecule has 0 bridgehead atoms. The highest BCUT2D eigenvalue weighted by Gasteiger charge is 2.37. The topological polar surface area (TPSA) is 74.2 Å². The fourth-order valence-corrected chi connectivity index (χ4v) is 1.77. The Morgan fingerprint density at radius 2 is 2.50 bits per heavy atom. The normalized spacial score (nSPS) is 27.0. The summed E-state index contributed by atoms with van der Waals surface area (Å²) in [6.07, 6.45) is 2.74. The van der Waals surface area contributed by atoms with Gasteiger partial charge in [0.25, 0.3) is 0 Å². The molecule has 1 aliphatic heterocycles. The molecule has 1 unspecified atom stereocenters. The van der Waals surface area contributed by atoms with E-state index in [0.717, 1.165) is 12.2 Å². The molecule has 1 aliphatic rings. The zero-order valence-corrected chi connectivity index (χ0v) is 8.84. The molecule has 5 nitrogen and oxygen atoms in total. The van der Waals surface area contributed by atoms with Crippen LogP contribution in [-0.2, 0) is 16.0 Å². The Kier molecular flexibility index (Phi) is 2.76. The number of ether oxygens (including phenoxy) is 1. The van der Waals surface area contributed by atoms with Crippen molar-refractivity contribution in [1.82, 2.24) is 10.1 Å². The predicted octanol–water partition coefficient (Wildman–Crippen LogP) is 0.507. The minimum Gasteiger partial charge on any atom is -0.379 e. The number of hydrogen-bond acceptors (Lipinski definition) is 6. The Hall–Kier alpha value is -0.590. The SMILES string of the molecule is CSCc1noc(C2(N)CCOC2)n1. The van der Waals surface area contributed by atoms with E-state index in [1.165, 1.54) is 0 Å². The average Bonchev–Trinajstić information content (AvgIpc) is 2.75. The van der Waals surface area contributed by atoms with Crippen LogP contribution in [0.15, 0.2) is 4.52 Å².